The second kappa shape index (κ2) is 8.24. The van der Waals surface area contributed by atoms with Gasteiger partial charge in [0.25, 0.3) is 0 Å². The predicted octanol–water partition coefficient (Wildman–Crippen LogP) is 3.95. The summed E-state index contributed by atoms with van der Waals surface area (Å²) in [6.07, 6.45) is 8.98. The van der Waals surface area contributed by atoms with E-state index in [4.69, 9.17) is 0 Å². The molecule has 0 aromatic carbocycles. The largest absolute Gasteiger partial charge is 0.310 e. The summed E-state index contributed by atoms with van der Waals surface area (Å²) in [6, 6.07) is 4.69. The monoisotopic (exact) mass is 234 g/mol. The number of rotatable bonds is 8. The highest BCUT2D eigenvalue weighted by Crippen LogP contribution is 2.28. The Kier molecular flexibility index (Phi) is 6.87. The first-order valence-electron chi connectivity index (χ1n) is 6.96. The van der Waals surface area contributed by atoms with Crippen molar-refractivity contribution >= 4 is 0 Å². The van der Waals surface area contributed by atoms with Crippen LogP contribution in [0.25, 0.3) is 0 Å². The van der Waals surface area contributed by atoms with Gasteiger partial charge in [-0.05, 0) is 30.5 Å². The van der Waals surface area contributed by atoms with E-state index in [-0.39, 0.29) is 0 Å². The maximum atomic E-state index is 4.24. The van der Waals surface area contributed by atoms with Crippen molar-refractivity contribution in [1.82, 2.24) is 10.3 Å². The molecular formula is C15H26N2. The molecule has 2 unspecified atom stereocenters. The Morgan fingerprint density at radius 3 is 2.65 bits per heavy atom. The number of unbranched alkanes of at least 4 members (excludes halogenated alkanes) is 1. The molecule has 2 atom stereocenters. The van der Waals surface area contributed by atoms with Crippen LogP contribution in [-0.4, -0.2) is 11.5 Å². The first kappa shape index (κ1) is 14.2. The molecule has 0 aliphatic heterocycles. The van der Waals surface area contributed by atoms with E-state index in [9.17, 15) is 0 Å². The molecule has 0 amide bonds. The Labute approximate surface area is 106 Å². The number of nitrogens with one attached hydrogen (secondary N) is 1. The Bertz CT molecular complexity index is 284. The summed E-state index contributed by atoms with van der Waals surface area (Å²) < 4.78 is 0. The molecule has 0 spiro atoms. The number of hydrogen-bond donors (Lipinski definition) is 1. The van der Waals surface area contributed by atoms with Crippen LogP contribution in [0.3, 0.4) is 0 Å². The van der Waals surface area contributed by atoms with Crippen molar-refractivity contribution in [2.75, 3.05) is 6.54 Å². The third kappa shape index (κ3) is 4.47. The molecule has 0 aliphatic rings. The molecule has 0 fully saturated rings. The van der Waals surface area contributed by atoms with Gasteiger partial charge in [-0.15, -0.1) is 0 Å². The molecule has 2 heteroatoms. The summed E-state index contributed by atoms with van der Waals surface area (Å²) in [4.78, 5) is 4.24. The second-order valence-corrected chi connectivity index (χ2v) is 4.63. The van der Waals surface area contributed by atoms with Gasteiger partial charge in [0, 0.05) is 18.4 Å². The summed E-state index contributed by atoms with van der Waals surface area (Å²) in [5.74, 6) is 0.721. The fourth-order valence-corrected chi connectivity index (χ4v) is 2.41. The highest BCUT2D eigenvalue weighted by Gasteiger charge is 2.20. The average molecular weight is 234 g/mol. The van der Waals surface area contributed by atoms with Crippen molar-refractivity contribution < 1.29 is 0 Å². The first-order chi connectivity index (χ1) is 8.33. The van der Waals surface area contributed by atoms with Crippen LogP contribution in [0, 0.1) is 5.92 Å². The molecule has 1 N–H and O–H groups in total. The van der Waals surface area contributed by atoms with Gasteiger partial charge in [0.05, 0.1) is 0 Å². The molecule has 0 saturated carbocycles. The van der Waals surface area contributed by atoms with E-state index in [0.29, 0.717) is 6.04 Å². The van der Waals surface area contributed by atoms with E-state index in [1.165, 1.54) is 31.2 Å². The molecular weight excluding hydrogens is 208 g/mol. The molecule has 0 radical (unpaired) electrons. The molecule has 0 aliphatic carbocycles. The number of pyridine rings is 1. The fraction of sp³-hybridized carbons (Fsp3) is 0.667. The summed E-state index contributed by atoms with van der Waals surface area (Å²) in [7, 11) is 0. The zero-order valence-electron chi connectivity index (χ0n) is 11.4. The van der Waals surface area contributed by atoms with Crippen molar-refractivity contribution in [1.29, 1.82) is 0 Å². The van der Waals surface area contributed by atoms with Gasteiger partial charge >= 0.3 is 0 Å². The molecule has 1 rings (SSSR count). The summed E-state index contributed by atoms with van der Waals surface area (Å²) >= 11 is 0. The maximum Gasteiger partial charge on any atom is 0.0363 e. The van der Waals surface area contributed by atoms with Crippen LogP contribution in [0.4, 0.5) is 0 Å². The van der Waals surface area contributed by atoms with E-state index in [2.05, 4.69) is 37.1 Å². The van der Waals surface area contributed by atoms with Gasteiger partial charge in [-0.25, -0.2) is 0 Å². The Hall–Kier alpha value is -0.890. The predicted molar refractivity (Wildman–Crippen MR) is 74.0 cm³/mol. The third-order valence-corrected chi connectivity index (χ3v) is 3.39. The van der Waals surface area contributed by atoms with Crippen molar-refractivity contribution in [3.05, 3.63) is 30.1 Å². The number of nitrogens with zero attached hydrogens (tertiary/aromatic N) is 1. The zero-order chi connectivity index (χ0) is 12.5. The molecule has 2 nitrogen and oxygen atoms in total. The van der Waals surface area contributed by atoms with E-state index >= 15 is 0 Å². The molecule has 1 heterocycles. The van der Waals surface area contributed by atoms with Crippen LogP contribution in [0.5, 0.6) is 0 Å². The maximum absolute atomic E-state index is 4.24. The lowest BCUT2D eigenvalue weighted by Crippen LogP contribution is -2.28. The lowest BCUT2D eigenvalue weighted by molar-refractivity contribution is 0.327. The van der Waals surface area contributed by atoms with Crippen molar-refractivity contribution in [2.45, 2.75) is 52.5 Å². The summed E-state index contributed by atoms with van der Waals surface area (Å²) in [5, 5.41) is 3.62. The highest BCUT2D eigenvalue weighted by molar-refractivity contribution is 5.14. The second-order valence-electron chi connectivity index (χ2n) is 4.63. The molecule has 0 saturated heterocycles. The van der Waals surface area contributed by atoms with Crippen molar-refractivity contribution in [2.24, 2.45) is 5.92 Å². The molecule has 0 bridgehead atoms. The fourth-order valence-electron chi connectivity index (χ4n) is 2.41. The molecule has 1 aromatic rings. The Morgan fingerprint density at radius 1 is 1.29 bits per heavy atom. The van der Waals surface area contributed by atoms with Crippen LogP contribution in [0.1, 0.15) is 58.1 Å². The normalized spacial score (nSPS) is 14.5. The van der Waals surface area contributed by atoms with Crippen molar-refractivity contribution in [3.63, 3.8) is 0 Å². The summed E-state index contributed by atoms with van der Waals surface area (Å²) in [5.41, 5.74) is 1.33. The van der Waals surface area contributed by atoms with Gasteiger partial charge in [-0.2, -0.15) is 0 Å². The van der Waals surface area contributed by atoms with Gasteiger partial charge in [0.15, 0.2) is 0 Å². The minimum Gasteiger partial charge on any atom is -0.310 e. The van der Waals surface area contributed by atoms with Gasteiger partial charge in [0.2, 0.25) is 0 Å². The van der Waals surface area contributed by atoms with Gasteiger partial charge < -0.3 is 5.32 Å². The number of aromatic nitrogens is 1. The van der Waals surface area contributed by atoms with Crippen LogP contribution in [0.2, 0.25) is 0 Å². The van der Waals surface area contributed by atoms with Crippen LogP contribution < -0.4 is 5.32 Å². The molecule has 1 aromatic heterocycles. The topological polar surface area (TPSA) is 24.9 Å². The van der Waals surface area contributed by atoms with Gasteiger partial charge in [-0.3, -0.25) is 4.98 Å². The third-order valence-electron chi connectivity index (χ3n) is 3.39. The lowest BCUT2D eigenvalue weighted by atomic mass is 9.87. The van der Waals surface area contributed by atoms with Crippen molar-refractivity contribution in [3.8, 4) is 0 Å². The SMILES string of the molecule is CCCCC(CC)C(NCC)c1cccnc1. The Balaban J connectivity index is 2.75. The minimum absolute atomic E-state index is 0.463. The molecule has 17 heavy (non-hydrogen) atoms. The average Bonchev–Trinajstić information content (AvgIpc) is 2.39. The van der Waals surface area contributed by atoms with E-state index in [1.807, 2.05) is 18.5 Å². The highest BCUT2D eigenvalue weighted by atomic mass is 14.9. The van der Waals surface area contributed by atoms with E-state index in [1.54, 1.807) is 0 Å². The summed E-state index contributed by atoms with van der Waals surface area (Å²) in [6.45, 7) is 7.75. The lowest BCUT2D eigenvalue weighted by Gasteiger charge is -2.27. The Morgan fingerprint density at radius 2 is 2.12 bits per heavy atom. The quantitative estimate of drug-likeness (QED) is 0.736. The van der Waals surface area contributed by atoms with Crippen LogP contribution >= 0.6 is 0 Å². The van der Waals surface area contributed by atoms with E-state index < -0.39 is 0 Å². The van der Waals surface area contributed by atoms with Gasteiger partial charge in [-0.1, -0.05) is 46.1 Å². The minimum atomic E-state index is 0.463. The van der Waals surface area contributed by atoms with Gasteiger partial charge in [0.1, 0.15) is 0 Å². The number of hydrogen-bond acceptors (Lipinski definition) is 2. The first-order valence-corrected chi connectivity index (χ1v) is 6.96. The molecule has 96 valence electrons. The zero-order valence-corrected chi connectivity index (χ0v) is 11.4. The smallest absolute Gasteiger partial charge is 0.0363 e. The van der Waals surface area contributed by atoms with Crippen LogP contribution in [-0.2, 0) is 0 Å². The van der Waals surface area contributed by atoms with E-state index in [0.717, 1.165) is 12.5 Å². The standard InChI is InChI=1S/C15H26N2/c1-4-7-9-13(5-2)15(17-6-3)14-10-8-11-16-12-14/h8,10-13,15,17H,4-7,9H2,1-3H3. The van der Waals surface area contributed by atoms with Crippen LogP contribution in [0.15, 0.2) is 24.5 Å².